The fourth-order valence-electron chi connectivity index (χ4n) is 2.21. The molecule has 1 aromatic rings. The van der Waals surface area contributed by atoms with Crippen molar-refractivity contribution in [1.82, 2.24) is 4.90 Å². The Labute approximate surface area is 122 Å². The van der Waals surface area contributed by atoms with Gasteiger partial charge in [-0.3, -0.25) is 4.79 Å². The maximum atomic E-state index is 12.4. The summed E-state index contributed by atoms with van der Waals surface area (Å²) in [6, 6.07) is 4.33. The van der Waals surface area contributed by atoms with Gasteiger partial charge < -0.3 is 9.64 Å². The predicted octanol–water partition coefficient (Wildman–Crippen LogP) is 1.78. The third-order valence-electron chi connectivity index (χ3n) is 3.48. The van der Waals surface area contributed by atoms with Crippen molar-refractivity contribution in [2.75, 3.05) is 20.3 Å². The number of amides is 1. The number of carbonyl (C=O) groups excluding carboxylic acids is 1. The maximum Gasteiger partial charge on any atom is 0.261 e. The summed E-state index contributed by atoms with van der Waals surface area (Å²) in [4.78, 5) is 14.0. The minimum atomic E-state index is -3.78. The lowest BCUT2D eigenvalue weighted by Crippen LogP contribution is -2.37. The van der Waals surface area contributed by atoms with E-state index < -0.39 is 9.05 Å². The molecule has 0 spiro atoms. The van der Waals surface area contributed by atoms with Crippen LogP contribution in [0.15, 0.2) is 23.1 Å². The highest BCUT2D eigenvalue weighted by Gasteiger charge is 2.26. The maximum absolute atomic E-state index is 12.4. The number of carbonyl (C=O) groups is 1. The van der Waals surface area contributed by atoms with Gasteiger partial charge in [0.05, 0.1) is 17.5 Å². The number of hydrogen-bond acceptors (Lipinski definition) is 4. The molecule has 110 valence electrons. The van der Waals surface area contributed by atoms with E-state index in [0.29, 0.717) is 24.3 Å². The first kappa shape index (κ1) is 15.3. The van der Waals surface area contributed by atoms with E-state index in [9.17, 15) is 13.2 Å². The summed E-state index contributed by atoms with van der Waals surface area (Å²) < 4.78 is 27.8. The average Bonchev–Trinajstić information content (AvgIpc) is 2.89. The second kappa shape index (κ2) is 5.71. The van der Waals surface area contributed by atoms with E-state index in [0.717, 1.165) is 6.42 Å². The van der Waals surface area contributed by atoms with Crippen molar-refractivity contribution in [3.05, 3.63) is 29.3 Å². The minimum absolute atomic E-state index is 0.0000643. The van der Waals surface area contributed by atoms with E-state index in [1.807, 2.05) is 0 Å². The van der Waals surface area contributed by atoms with Crippen LogP contribution in [-0.4, -0.2) is 45.5 Å². The van der Waals surface area contributed by atoms with Gasteiger partial charge in [0, 0.05) is 29.9 Å². The molecule has 1 aromatic carbocycles. The van der Waals surface area contributed by atoms with Gasteiger partial charge in [-0.25, -0.2) is 8.42 Å². The van der Waals surface area contributed by atoms with Crippen LogP contribution in [0.2, 0.25) is 0 Å². The Morgan fingerprint density at radius 1 is 1.45 bits per heavy atom. The van der Waals surface area contributed by atoms with Crippen molar-refractivity contribution in [3.8, 4) is 0 Å². The van der Waals surface area contributed by atoms with Gasteiger partial charge >= 0.3 is 0 Å². The third kappa shape index (κ3) is 3.13. The normalized spacial score (nSPS) is 19.1. The monoisotopic (exact) mass is 317 g/mol. The first-order valence-corrected chi connectivity index (χ1v) is 8.52. The highest BCUT2D eigenvalue weighted by atomic mass is 35.7. The van der Waals surface area contributed by atoms with Gasteiger partial charge in [-0.05, 0) is 37.1 Å². The summed E-state index contributed by atoms with van der Waals surface area (Å²) in [5, 5.41) is 0. The van der Waals surface area contributed by atoms with Crippen LogP contribution in [0.1, 0.15) is 22.3 Å². The summed E-state index contributed by atoms with van der Waals surface area (Å²) in [5.41, 5.74) is 1.06. The second-order valence-corrected chi connectivity index (χ2v) is 7.41. The largest absolute Gasteiger partial charge is 0.379 e. The average molecular weight is 318 g/mol. The molecule has 1 saturated heterocycles. The number of aryl methyl sites for hydroxylation is 1. The van der Waals surface area contributed by atoms with Gasteiger partial charge in [-0.1, -0.05) is 0 Å². The molecule has 1 aliphatic rings. The van der Waals surface area contributed by atoms with Crippen LogP contribution in [0.25, 0.3) is 0 Å². The molecule has 5 nitrogen and oxygen atoms in total. The van der Waals surface area contributed by atoms with E-state index in [1.165, 1.54) is 18.2 Å². The van der Waals surface area contributed by atoms with Crippen LogP contribution in [0.4, 0.5) is 0 Å². The molecule has 1 unspecified atom stereocenters. The number of rotatable bonds is 3. The summed E-state index contributed by atoms with van der Waals surface area (Å²) in [6.45, 7) is 2.89. The van der Waals surface area contributed by atoms with Crippen molar-refractivity contribution >= 4 is 25.6 Å². The second-order valence-electron chi connectivity index (χ2n) is 4.85. The molecule has 7 heteroatoms. The van der Waals surface area contributed by atoms with Crippen LogP contribution in [0.3, 0.4) is 0 Å². The Bertz CT molecular complexity index is 623. The molecule has 0 N–H and O–H groups in total. The van der Waals surface area contributed by atoms with E-state index in [4.69, 9.17) is 15.4 Å². The summed E-state index contributed by atoms with van der Waals surface area (Å²) in [7, 11) is 3.24. The van der Waals surface area contributed by atoms with Gasteiger partial charge in [-0.15, -0.1) is 0 Å². The molecule has 20 heavy (non-hydrogen) atoms. The van der Waals surface area contributed by atoms with Crippen LogP contribution >= 0.6 is 10.7 Å². The zero-order valence-corrected chi connectivity index (χ0v) is 12.9. The molecule has 0 aliphatic carbocycles. The quantitative estimate of drug-likeness (QED) is 0.797. The molecule has 1 aliphatic heterocycles. The number of halogens is 1. The number of hydrogen-bond donors (Lipinski definition) is 0. The smallest absolute Gasteiger partial charge is 0.261 e. The van der Waals surface area contributed by atoms with E-state index in [-0.39, 0.29) is 16.8 Å². The number of nitrogens with zero attached hydrogens (tertiary/aromatic N) is 1. The Hall–Kier alpha value is -1.11. The molecular formula is C13H16ClNO4S. The molecule has 1 fully saturated rings. The zero-order valence-electron chi connectivity index (χ0n) is 11.3. The van der Waals surface area contributed by atoms with E-state index in [2.05, 4.69) is 0 Å². The highest BCUT2D eigenvalue weighted by Crippen LogP contribution is 2.21. The van der Waals surface area contributed by atoms with Gasteiger partial charge in [0.15, 0.2) is 0 Å². The fourth-order valence-corrected chi connectivity index (χ4v) is 3.05. The molecule has 1 heterocycles. The Kier molecular flexibility index (Phi) is 4.36. The van der Waals surface area contributed by atoms with E-state index in [1.54, 1.807) is 18.9 Å². The summed E-state index contributed by atoms with van der Waals surface area (Å²) >= 11 is 0. The van der Waals surface area contributed by atoms with E-state index >= 15 is 0 Å². The zero-order chi connectivity index (χ0) is 14.9. The predicted molar refractivity (Wildman–Crippen MR) is 75.5 cm³/mol. The van der Waals surface area contributed by atoms with Crippen LogP contribution < -0.4 is 0 Å². The lowest BCUT2D eigenvalue weighted by molar-refractivity contribution is 0.0710. The van der Waals surface area contributed by atoms with Crippen molar-refractivity contribution in [2.24, 2.45) is 0 Å². The summed E-state index contributed by atoms with van der Waals surface area (Å²) in [6.07, 6.45) is 0.815. The fraction of sp³-hybridized carbons (Fsp3) is 0.462. The molecule has 1 amide bonds. The van der Waals surface area contributed by atoms with Crippen molar-refractivity contribution < 1.29 is 17.9 Å². The highest BCUT2D eigenvalue weighted by molar-refractivity contribution is 8.13. The van der Waals surface area contributed by atoms with Crippen molar-refractivity contribution in [3.63, 3.8) is 0 Å². The van der Waals surface area contributed by atoms with Crippen LogP contribution in [-0.2, 0) is 13.8 Å². The Morgan fingerprint density at radius 2 is 2.15 bits per heavy atom. The van der Waals surface area contributed by atoms with Gasteiger partial charge in [-0.2, -0.15) is 0 Å². The number of benzene rings is 1. The standard InChI is InChI=1S/C13H16ClNO4S/c1-9-7-11(20(14,17)18)3-4-12(9)13(16)15(2)10-5-6-19-8-10/h3-4,7,10H,5-6,8H2,1-2H3. The first-order valence-electron chi connectivity index (χ1n) is 6.21. The van der Waals surface area contributed by atoms with Gasteiger partial charge in [0.2, 0.25) is 0 Å². The molecule has 0 bridgehead atoms. The van der Waals surface area contributed by atoms with Gasteiger partial charge in [0.25, 0.3) is 15.0 Å². The molecule has 2 rings (SSSR count). The van der Waals surface area contributed by atoms with Crippen molar-refractivity contribution in [2.45, 2.75) is 24.3 Å². The van der Waals surface area contributed by atoms with Crippen molar-refractivity contribution in [1.29, 1.82) is 0 Å². The first-order chi connectivity index (χ1) is 9.30. The van der Waals surface area contributed by atoms with Gasteiger partial charge in [0.1, 0.15) is 0 Å². The topological polar surface area (TPSA) is 63.7 Å². The molecule has 1 atom stereocenters. The lowest BCUT2D eigenvalue weighted by atomic mass is 10.1. The SMILES string of the molecule is Cc1cc(S(=O)(=O)Cl)ccc1C(=O)N(C)C1CCOC1. The molecule has 0 aromatic heterocycles. The third-order valence-corrected chi connectivity index (χ3v) is 4.84. The molecule has 0 radical (unpaired) electrons. The number of likely N-dealkylation sites (N-methyl/N-ethyl adjacent to an activating group) is 1. The van der Waals surface area contributed by atoms with Crippen LogP contribution in [0.5, 0.6) is 0 Å². The molecular weight excluding hydrogens is 302 g/mol. The minimum Gasteiger partial charge on any atom is -0.379 e. The van der Waals surface area contributed by atoms with Crippen LogP contribution in [0, 0.1) is 6.92 Å². The lowest BCUT2D eigenvalue weighted by Gasteiger charge is -2.24. The Morgan fingerprint density at radius 3 is 2.65 bits per heavy atom. The Balaban J connectivity index is 2.26. The summed E-state index contributed by atoms with van der Waals surface area (Å²) in [5.74, 6) is -0.142. The number of ether oxygens (including phenoxy) is 1. The molecule has 0 saturated carbocycles.